The van der Waals surface area contributed by atoms with E-state index in [0.717, 1.165) is 0 Å². The first-order chi connectivity index (χ1) is 16.2. The summed E-state index contributed by atoms with van der Waals surface area (Å²) in [6.07, 6.45) is 5.18. The number of aromatic nitrogens is 4. The minimum Gasteiger partial charge on any atom is -0.493 e. The summed E-state index contributed by atoms with van der Waals surface area (Å²) in [4.78, 5) is 16.4. The van der Waals surface area contributed by atoms with Crippen molar-refractivity contribution in [3.05, 3.63) is 59.4 Å². The minimum absolute atomic E-state index is 0.126. The van der Waals surface area contributed by atoms with Crippen LogP contribution in [0.3, 0.4) is 0 Å². The van der Waals surface area contributed by atoms with Crippen molar-refractivity contribution < 1.29 is 17.9 Å². The molecule has 0 aliphatic heterocycles. The molecule has 34 heavy (non-hydrogen) atoms. The molecular formula is C23H25N5O5S. The predicted octanol–water partition coefficient (Wildman–Crippen LogP) is 2.99. The monoisotopic (exact) mass is 483 g/mol. The van der Waals surface area contributed by atoms with Gasteiger partial charge in [-0.2, -0.15) is 8.42 Å². The largest absolute Gasteiger partial charge is 0.493 e. The van der Waals surface area contributed by atoms with Crippen molar-refractivity contribution >= 4 is 26.7 Å². The zero-order valence-electron chi connectivity index (χ0n) is 19.1. The standard InChI is InChI=1S/C23H25N5O5S/c1-26-12-22(24-14-26)34(30,31)25-18-10-19-20(28(3)23(29)27(19)2)11-21(18)33-17-6-4-5-16(9-17)32-13-15-7-8-15/h4-6,9-12,14-15,25H,7-8,13H2,1-3H3. The van der Waals surface area contributed by atoms with Crippen LogP contribution in [0.25, 0.3) is 11.0 Å². The molecule has 1 fully saturated rings. The molecule has 0 atom stereocenters. The van der Waals surface area contributed by atoms with E-state index in [9.17, 15) is 13.2 Å². The van der Waals surface area contributed by atoms with E-state index >= 15 is 0 Å². The van der Waals surface area contributed by atoms with Crippen molar-refractivity contribution in [2.75, 3.05) is 11.3 Å². The molecule has 2 aromatic heterocycles. The molecule has 0 saturated heterocycles. The van der Waals surface area contributed by atoms with Crippen molar-refractivity contribution in [1.29, 1.82) is 0 Å². The van der Waals surface area contributed by atoms with Gasteiger partial charge in [0, 0.05) is 39.5 Å². The minimum atomic E-state index is -3.99. The van der Waals surface area contributed by atoms with E-state index < -0.39 is 10.0 Å². The molecule has 11 heteroatoms. The van der Waals surface area contributed by atoms with Gasteiger partial charge in [-0.05, 0) is 37.0 Å². The Morgan fingerprint density at radius 1 is 1.06 bits per heavy atom. The second kappa shape index (κ2) is 8.24. The van der Waals surface area contributed by atoms with Crippen molar-refractivity contribution in [2.24, 2.45) is 27.1 Å². The summed E-state index contributed by atoms with van der Waals surface area (Å²) in [5, 5.41) is -0.126. The van der Waals surface area contributed by atoms with Gasteiger partial charge in [0.05, 0.1) is 29.7 Å². The molecule has 178 valence electrons. The van der Waals surface area contributed by atoms with Gasteiger partial charge in [-0.25, -0.2) is 9.78 Å². The number of hydrogen-bond acceptors (Lipinski definition) is 6. The van der Waals surface area contributed by atoms with Crippen LogP contribution in [-0.2, 0) is 31.2 Å². The summed E-state index contributed by atoms with van der Waals surface area (Å²) in [7, 11) is 0.972. The van der Waals surface area contributed by atoms with Crippen molar-refractivity contribution in [3.8, 4) is 17.2 Å². The average Bonchev–Trinajstić information content (AvgIpc) is 3.49. The highest BCUT2D eigenvalue weighted by atomic mass is 32.2. The highest BCUT2D eigenvalue weighted by molar-refractivity contribution is 7.92. The zero-order chi connectivity index (χ0) is 24.0. The SMILES string of the molecule is Cn1cnc(S(=O)(=O)Nc2cc3c(cc2Oc2cccc(OCC4CC4)c2)n(C)c(=O)n3C)c1. The Kier molecular flexibility index (Phi) is 5.35. The first-order valence-corrected chi connectivity index (χ1v) is 12.3. The van der Waals surface area contributed by atoms with E-state index in [1.54, 1.807) is 50.0 Å². The predicted molar refractivity (Wildman–Crippen MR) is 127 cm³/mol. The molecule has 1 aliphatic rings. The van der Waals surface area contributed by atoms with Gasteiger partial charge in [-0.3, -0.25) is 13.9 Å². The highest BCUT2D eigenvalue weighted by Crippen LogP contribution is 2.36. The molecule has 1 saturated carbocycles. The molecule has 1 aliphatic carbocycles. The molecule has 0 radical (unpaired) electrons. The normalized spacial score (nSPS) is 13.9. The summed E-state index contributed by atoms with van der Waals surface area (Å²) in [6.45, 7) is 0.663. The number of fused-ring (bicyclic) bond motifs is 1. The van der Waals surface area contributed by atoms with E-state index in [1.165, 1.54) is 34.5 Å². The van der Waals surface area contributed by atoms with Crippen LogP contribution in [0.4, 0.5) is 5.69 Å². The molecule has 0 amide bonds. The lowest BCUT2D eigenvalue weighted by Gasteiger charge is -2.14. The third-order valence-corrected chi connectivity index (χ3v) is 7.04. The van der Waals surface area contributed by atoms with Gasteiger partial charge in [0.15, 0.2) is 10.8 Å². The number of anilines is 1. The lowest BCUT2D eigenvalue weighted by atomic mass is 10.2. The number of hydrogen-bond donors (Lipinski definition) is 1. The summed E-state index contributed by atoms with van der Waals surface area (Å²) < 4.78 is 45.0. The molecule has 2 aromatic carbocycles. The van der Waals surface area contributed by atoms with Gasteiger partial charge in [0.25, 0.3) is 10.0 Å². The van der Waals surface area contributed by atoms with Gasteiger partial charge in [-0.1, -0.05) is 6.07 Å². The number of nitrogens with zero attached hydrogens (tertiary/aromatic N) is 4. The fourth-order valence-electron chi connectivity index (χ4n) is 3.67. The second-order valence-electron chi connectivity index (χ2n) is 8.55. The van der Waals surface area contributed by atoms with Crippen LogP contribution in [0.1, 0.15) is 12.8 Å². The second-order valence-corrected chi connectivity index (χ2v) is 10.2. The third-order valence-electron chi connectivity index (χ3n) is 5.79. The molecule has 10 nitrogen and oxygen atoms in total. The summed E-state index contributed by atoms with van der Waals surface area (Å²) in [5.41, 5.74) is 1.11. The smallest absolute Gasteiger partial charge is 0.328 e. The molecule has 1 N–H and O–H groups in total. The topological polar surface area (TPSA) is 109 Å². The number of sulfonamides is 1. The summed E-state index contributed by atoms with van der Waals surface area (Å²) in [5.74, 6) is 2.01. The molecule has 0 spiro atoms. The number of ether oxygens (including phenoxy) is 2. The highest BCUT2D eigenvalue weighted by Gasteiger charge is 2.23. The first kappa shape index (κ1) is 22.1. The van der Waals surface area contributed by atoms with Gasteiger partial charge < -0.3 is 14.0 Å². The lowest BCUT2D eigenvalue weighted by Crippen LogP contribution is -2.19. The Bertz CT molecular complexity index is 1550. The molecule has 0 bridgehead atoms. The summed E-state index contributed by atoms with van der Waals surface area (Å²) >= 11 is 0. The van der Waals surface area contributed by atoms with Gasteiger partial charge in [0.2, 0.25) is 0 Å². The van der Waals surface area contributed by atoms with E-state index in [4.69, 9.17) is 9.47 Å². The Morgan fingerprint density at radius 3 is 2.44 bits per heavy atom. The van der Waals surface area contributed by atoms with Gasteiger partial charge >= 0.3 is 5.69 Å². The maximum absolute atomic E-state index is 13.0. The Hall–Kier alpha value is -3.73. The van der Waals surface area contributed by atoms with Crippen LogP contribution in [0.15, 0.2) is 58.7 Å². The Labute approximate surface area is 196 Å². The molecule has 0 unspecified atom stereocenters. The van der Waals surface area contributed by atoms with E-state index in [1.807, 2.05) is 12.1 Å². The fourth-order valence-corrected chi connectivity index (χ4v) is 4.71. The van der Waals surface area contributed by atoms with Crippen LogP contribution in [-0.4, -0.2) is 33.7 Å². The molecule has 5 rings (SSSR count). The number of aryl methyl sites for hydroxylation is 3. The van der Waals surface area contributed by atoms with Crippen molar-refractivity contribution in [2.45, 2.75) is 17.9 Å². The zero-order valence-corrected chi connectivity index (χ0v) is 19.9. The number of benzene rings is 2. The average molecular weight is 484 g/mol. The molecular weight excluding hydrogens is 458 g/mol. The number of rotatable bonds is 8. The lowest BCUT2D eigenvalue weighted by molar-refractivity contribution is 0.298. The molecule has 2 heterocycles. The maximum atomic E-state index is 13.0. The fraction of sp³-hybridized carbons (Fsp3) is 0.304. The van der Waals surface area contributed by atoms with Crippen LogP contribution < -0.4 is 19.9 Å². The maximum Gasteiger partial charge on any atom is 0.328 e. The van der Waals surface area contributed by atoms with Crippen LogP contribution in [0.2, 0.25) is 0 Å². The van der Waals surface area contributed by atoms with Crippen LogP contribution in [0.5, 0.6) is 17.2 Å². The molecule has 4 aromatic rings. The van der Waals surface area contributed by atoms with Crippen LogP contribution >= 0.6 is 0 Å². The van der Waals surface area contributed by atoms with E-state index in [2.05, 4.69) is 9.71 Å². The third kappa shape index (κ3) is 4.26. The Morgan fingerprint density at radius 2 is 1.76 bits per heavy atom. The number of imidazole rings is 2. The summed E-state index contributed by atoms with van der Waals surface area (Å²) in [6, 6.07) is 10.4. The number of nitrogens with one attached hydrogen (secondary N) is 1. The quantitative estimate of drug-likeness (QED) is 0.413. The van der Waals surface area contributed by atoms with E-state index in [0.29, 0.717) is 35.1 Å². The van der Waals surface area contributed by atoms with Gasteiger partial charge in [-0.15, -0.1) is 0 Å². The first-order valence-electron chi connectivity index (χ1n) is 10.8. The van der Waals surface area contributed by atoms with Crippen LogP contribution in [0, 0.1) is 5.92 Å². The van der Waals surface area contributed by atoms with E-state index in [-0.39, 0.29) is 22.2 Å². The van der Waals surface area contributed by atoms with Crippen molar-refractivity contribution in [3.63, 3.8) is 0 Å². The van der Waals surface area contributed by atoms with Crippen molar-refractivity contribution in [1.82, 2.24) is 18.7 Å². The Balaban J connectivity index is 1.54. The van der Waals surface area contributed by atoms with Gasteiger partial charge in [0.1, 0.15) is 11.5 Å².